The summed E-state index contributed by atoms with van der Waals surface area (Å²) in [6.07, 6.45) is 9.25. The van der Waals surface area contributed by atoms with Crippen molar-refractivity contribution in [2.45, 2.75) is 64.6 Å². The normalized spacial score (nSPS) is 21.4. The SMILES string of the molecule is CCNC(=NCCc1ncc(C)s1)N1CCC(OCC2CCCCO2)CC1.I. The van der Waals surface area contributed by atoms with Crippen molar-refractivity contribution in [2.24, 2.45) is 4.99 Å². The van der Waals surface area contributed by atoms with Crippen molar-refractivity contribution in [1.29, 1.82) is 0 Å². The lowest BCUT2D eigenvalue weighted by Crippen LogP contribution is -2.47. The first-order chi connectivity index (χ1) is 13.2. The first kappa shape index (κ1) is 23.8. The number of hydrogen-bond donors (Lipinski definition) is 1. The third-order valence-electron chi connectivity index (χ3n) is 5.12. The molecule has 1 aromatic rings. The van der Waals surface area contributed by atoms with Crippen LogP contribution in [-0.2, 0) is 15.9 Å². The molecule has 1 aromatic heterocycles. The molecular weight excluding hydrogens is 487 g/mol. The van der Waals surface area contributed by atoms with Gasteiger partial charge in [-0.2, -0.15) is 0 Å². The third-order valence-corrected chi connectivity index (χ3v) is 6.10. The highest BCUT2D eigenvalue weighted by atomic mass is 127. The zero-order chi connectivity index (χ0) is 18.9. The average Bonchev–Trinajstić information content (AvgIpc) is 3.12. The Bertz CT molecular complexity index is 585. The first-order valence-corrected chi connectivity index (χ1v) is 11.2. The van der Waals surface area contributed by atoms with Crippen LogP contribution in [0.4, 0.5) is 0 Å². The van der Waals surface area contributed by atoms with Crippen molar-refractivity contribution in [3.05, 3.63) is 16.1 Å². The van der Waals surface area contributed by atoms with Crippen LogP contribution in [0.2, 0.25) is 0 Å². The number of rotatable bonds is 7. The van der Waals surface area contributed by atoms with Gasteiger partial charge in [0.25, 0.3) is 0 Å². The molecule has 0 bridgehead atoms. The Morgan fingerprint density at radius 1 is 1.36 bits per heavy atom. The Morgan fingerprint density at radius 2 is 2.18 bits per heavy atom. The molecule has 8 heteroatoms. The number of nitrogens with zero attached hydrogens (tertiary/aromatic N) is 3. The number of hydrogen-bond acceptors (Lipinski definition) is 5. The fraction of sp³-hybridized carbons (Fsp3) is 0.800. The van der Waals surface area contributed by atoms with E-state index in [-0.39, 0.29) is 24.0 Å². The van der Waals surface area contributed by atoms with Crippen molar-refractivity contribution >= 4 is 41.3 Å². The van der Waals surface area contributed by atoms with Gasteiger partial charge in [-0.05, 0) is 46.0 Å². The van der Waals surface area contributed by atoms with Gasteiger partial charge in [-0.15, -0.1) is 35.3 Å². The zero-order valence-electron chi connectivity index (χ0n) is 17.2. The number of aliphatic imine (C=N–C) groups is 1. The molecule has 0 aromatic carbocycles. The summed E-state index contributed by atoms with van der Waals surface area (Å²) in [5, 5.41) is 4.61. The van der Waals surface area contributed by atoms with E-state index in [0.717, 1.165) is 71.0 Å². The summed E-state index contributed by atoms with van der Waals surface area (Å²) < 4.78 is 11.9. The summed E-state index contributed by atoms with van der Waals surface area (Å²) in [5.74, 6) is 1.03. The average molecular weight is 522 g/mol. The minimum absolute atomic E-state index is 0. The quantitative estimate of drug-likeness (QED) is 0.337. The second kappa shape index (κ2) is 13.0. The first-order valence-electron chi connectivity index (χ1n) is 10.4. The Hall–Kier alpha value is -0.450. The van der Waals surface area contributed by atoms with Crippen LogP contribution in [0.15, 0.2) is 11.2 Å². The Kier molecular flexibility index (Phi) is 11.0. The zero-order valence-corrected chi connectivity index (χ0v) is 20.3. The number of halogens is 1. The van der Waals surface area contributed by atoms with Gasteiger partial charge in [0.15, 0.2) is 5.96 Å². The number of nitrogens with one attached hydrogen (secondary N) is 1. The molecule has 1 unspecified atom stereocenters. The maximum Gasteiger partial charge on any atom is 0.193 e. The van der Waals surface area contributed by atoms with Gasteiger partial charge in [0, 0.05) is 50.3 Å². The molecule has 6 nitrogen and oxygen atoms in total. The highest BCUT2D eigenvalue weighted by Gasteiger charge is 2.23. The van der Waals surface area contributed by atoms with Crippen LogP contribution >= 0.6 is 35.3 Å². The van der Waals surface area contributed by atoms with Gasteiger partial charge in [0.05, 0.1) is 23.8 Å². The molecule has 0 radical (unpaired) electrons. The van der Waals surface area contributed by atoms with Crippen molar-refractivity contribution in [3.63, 3.8) is 0 Å². The second-order valence-corrected chi connectivity index (χ2v) is 8.68. The molecule has 1 N–H and O–H groups in total. The van der Waals surface area contributed by atoms with E-state index in [1.165, 1.54) is 22.7 Å². The number of ether oxygens (including phenoxy) is 2. The smallest absolute Gasteiger partial charge is 0.193 e. The molecule has 2 fully saturated rings. The molecule has 1 atom stereocenters. The Morgan fingerprint density at radius 3 is 2.82 bits per heavy atom. The summed E-state index contributed by atoms with van der Waals surface area (Å²) in [7, 11) is 0. The van der Waals surface area contributed by atoms with Crippen LogP contribution in [0, 0.1) is 6.92 Å². The van der Waals surface area contributed by atoms with Crippen LogP contribution in [0.1, 0.15) is 48.9 Å². The number of likely N-dealkylation sites (tertiary alicyclic amines) is 1. The van der Waals surface area contributed by atoms with E-state index in [9.17, 15) is 0 Å². The molecule has 3 rings (SSSR count). The van der Waals surface area contributed by atoms with Gasteiger partial charge in [0.2, 0.25) is 0 Å². The fourth-order valence-corrected chi connectivity index (χ4v) is 4.39. The number of guanidine groups is 1. The van der Waals surface area contributed by atoms with Crippen LogP contribution in [-0.4, -0.2) is 67.4 Å². The summed E-state index contributed by atoms with van der Waals surface area (Å²) in [5.41, 5.74) is 0. The molecule has 0 saturated carbocycles. The van der Waals surface area contributed by atoms with Crippen molar-refractivity contribution in [1.82, 2.24) is 15.2 Å². The maximum absolute atomic E-state index is 6.13. The van der Waals surface area contributed by atoms with E-state index in [0.29, 0.717) is 12.2 Å². The summed E-state index contributed by atoms with van der Waals surface area (Å²) in [6, 6.07) is 0. The lowest BCUT2D eigenvalue weighted by molar-refractivity contribution is -0.0721. The number of aromatic nitrogens is 1. The molecule has 0 aliphatic carbocycles. The van der Waals surface area contributed by atoms with Crippen molar-refractivity contribution in [2.75, 3.05) is 39.4 Å². The van der Waals surface area contributed by atoms with Crippen molar-refractivity contribution in [3.8, 4) is 0 Å². The van der Waals surface area contributed by atoms with Gasteiger partial charge in [-0.1, -0.05) is 0 Å². The molecule has 2 saturated heterocycles. The lowest BCUT2D eigenvalue weighted by atomic mass is 10.1. The number of aryl methyl sites for hydroxylation is 1. The van der Waals surface area contributed by atoms with Crippen LogP contribution < -0.4 is 5.32 Å². The Labute approximate surface area is 190 Å². The molecule has 28 heavy (non-hydrogen) atoms. The van der Waals surface area contributed by atoms with Crippen molar-refractivity contribution < 1.29 is 9.47 Å². The summed E-state index contributed by atoms with van der Waals surface area (Å²) in [4.78, 5) is 12.9. The van der Waals surface area contributed by atoms with Gasteiger partial charge in [-0.3, -0.25) is 4.99 Å². The molecule has 0 spiro atoms. The topological polar surface area (TPSA) is 59.0 Å². The number of thiazole rings is 1. The Balaban J connectivity index is 0.00000280. The molecule has 3 heterocycles. The second-order valence-electron chi connectivity index (χ2n) is 7.36. The van der Waals surface area contributed by atoms with E-state index >= 15 is 0 Å². The molecule has 2 aliphatic rings. The van der Waals surface area contributed by atoms with Gasteiger partial charge >= 0.3 is 0 Å². The van der Waals surface area contributed by atoms with Crippen LogP contribution in [0.25, 0.3) is 0 Å². The third kappa shape index (κ3) is 7.76. The fourth-order valence-electron chi connectivity index (χ4n) is 3.62. The molecule has 160 valence electrons. The van der Waals surface area contributed by atoms with E-state index in [4.69, 9.17) is 14.5 Å². The monoisotopic (exact) mass is 522 g/mol. The van der Waals surface area contributed by atoms with E-state index in [2.05, 4.69) is 29.0 Å². The minimum Gasteiger partial charge on any atom is -0.376 e. The van der Waals surface area contributed by atoms with Gasteiger partial charge in [0.1, 0.15) is 0 Å². The van der Waals surface area contributed by atoms with Gasteiger partial charge in [-0.25, -0.2) is 4.98 Å². The minimum atomic E-state index is 0. The predicted octanol–water partition coefficient (Wildman–Crippen LogP) is 3.63. The highest BCUT2D eigenvalue weighted by molar-refractivity contribution is 14.0. The predicted molar refractivity (Wildman–Crippen MR) is 126 cm³/mol. The van der Waals surface area contributed by atoms with E-state index in [1.54, 1.807) is 11.3 Å². The standard InChI is InChI=1S/C20H34N4O2S.HI/c1-3-21-20(22-10-7-19-23-14-16(2)27-19)24-11-8-17(9-12-24)26-15-18-6-4-5-13-25-18;/h14,17-18H,3-13,15H2,1-2H3,(H,21,22);1H. The highest BCUT2D eigenvalue weighted by Crippen LogP contribution is 2.18. The largest absolute Gasteiger partial charge is 0.376 e. The van der Waals surface area contributed by atoms with Gasteiger partial charge < -0.3 is 19.7 Å². The van der Waals surface area contributed by atoms with Crippen LogP contribution in [0.3, 0.4) is 0 Å². The van der Waals surface area contributed by atoms with E-state index in [1.807, 2.05) is 6.20 Å². The summed E-state index contributed by atoms with van der Waals surface area (Å²) >= 11 is 1.76. The molecular formula is C20H35IN4O2S. The number of piperidine rings is 1. The summed E-state index contributed by atoms with van der Waals surface area (Å²) in [6.45, 7) is 9.55. The molecule has 0 amide bonds. The lowest BCUT2D eigenvalue weighted by Gasteiger charge is -2.35. The molecule has 2 aliphatic heterocycles. The maximum atomic E-state index is 6.13. The van der Waals surface area contributed by atoms with Crippen LogP contribution in [0.5, 0.6) is 0 Å². The van der Waals surface area contributed by atoms with E-state index < -0.39 is 0 Å².